The lowest BCUT2D eigenvalue weighted by molar-refractivity contribution is 0.350. The predicted octanol–water partition coefficient (Wildman–Crippen LogP) is 4.98. The van der Waals surface area contributed by atoms with Crippen LogP contribution in [0, 0.1) is 5.82 Å². The molecule has 0 spiro atoms. The van der Waals surface area contributed by atoms with E-state index in [1.807, 2.05) is 49.3 Å². The lowest BCUT2D eigenvalue weighted by Gasteiger charge is -2.30. The molecule has 2 aromatic carbocycles. The fourth-order valence-corrected chi connectivity index (χ4v) is 3.99. The van der Waals surface area contributed by atoms with Gasteiger partial charge in [-0.2, -0.15) is 4.98 Å². The molecule has 4 rings (SSSR count). The molecule has 0 aliphatic heterocycles. The molecule has 3 aromatic rings. The van der Waals surface area contributed by atoms with Gasteiger partial charge >= 0.3 is 0 Å². The number of nitrogens with one attached hydrogen (secondary N) is 2. The molecule has 5 nitrogen and oxygen atoms in total. The van der Waals surface area contributed by atoms with Gasteiger partial charge in [-0.3, -0.25) is 0 Å². The van der Waals surface area contributed by atoms with Gasteiger partial charge in [0.2, 0.25) is 5.95 Å². The van der Waals surface area contributed by atoms with Crippen molar-refractivity contribution in [1.82, 2.24) is 15.3 Å². The number of hydrogen-bond acceptors (Lipinski definition) is 5. The Morgan fingerprint density at radius 3 is 2.33 bits per heavy atom. The number of nitrogens with zero attached hydrogens (tertiary/aromatic N) is 3. The van der Waals surface area contributed by atoms with E-state index in [2.05, 4.69) is 16.7 Å². The average Bonchev–Trinajstić information content (AvgIpc) is 2.73. The van der Waals surface area contributed by atoms with Crippen molar-refractivity contribution in [2.75, 3.05) is 24.3 Å². The summed E-state index contributed by atoms with van der Waals surface area (Å²) in [7, 11) is 4.01. The number of hydrogen-bond donors (Lipinski definition) is 2. The van der Waals surface area contributed by atoms with Crippen molar-refractivity contribution in [2.45, 2.75) is 51.7 Å². The summed E-state index contributed by atoms with van der Waals surface area (Å²) in [4.78, 5) is 11.5. The molecular formula is C24H32FN5. The Balaban J connectivity index is 0.00000256. The number of halogens is 1. The number of fused-ring (bicyclic) bond motifs is 1. The minimum atomic E-state index is -0.138. The topological polar surface area (TPSA) is 53.1 Å². The first-order valence-corrected chi connectivity index (χ1v) is 10.3. The number of para-hydroxylation sites is 1. The van der Waals surface area contributed by atoms with Crippen LogP contribution in [0.2, 0.25) is 0 Å². The van der Waals surface area contributed by atoms with Crippen LogP contribution >= 0.6 is 0 Å². The zero-order valence-electron chi connectivity index (χ0n) is 17.0. The summed E-state index contributed by atoms with van der Waals surface area (Å²) in [6.45, 7) is 0.579. The van der Waals surface area contributed by atoms with Gasteiger partial charge in [-0.05, 0) is 43.9 Å². The molecule has 0 atom stereocenters. The summed E-state index contributed by atoms with van der Waals surface area (Å²) < 4.78 is 13.8. The lowest BCUT2D eigenvalue weighted by atomic mass is 9.91. The average molecular weight is 410 g/mol. The van der Waals surface area contributed by atoms with Crippen molar-refractivity contribution in [3.63, 3.8) is 0 Å². The second-order valence-corrected chi connectivity index (χ2v) is 7.95. The first-order chi connectivity index (χ1) is 14.1. The van der Waals surface area contributed by atoms with Crippen molar-refractivity contribution >= 4 is 22.7 Å². The van der Waals surface area contributed by atoms with Gasteiger partial charge in [0.05, 0.1) is 5.52 Å². The molecule has 1 aliphatic carbocycles. The number of anilines is 2. The third kappa shape index (κ3) is 5.05. The molecule has 1 heterocycles. The molecule has 1 saturated carbocycles. The second-order valence-electron chi connectivity index (χ2n) is 7.95. The van der Waals surface area contributed by atoms with Crippen LogP contribution in [0.15, 0.2) is 48.5 Å². The molecule has 0 bridgehead atoms. The van der Waals surface area contributed by atoms with Crippen molar-refractivity contribution in [1.29, 1.82) is 0 Å². The Hall–Kier alpha value is -2.73. The van der Waals surface area contributed by atoms with Crippen LogP contribution in [0.3, 0.4) is 0 Å². The molecule has 30 heavy (non-hydrogen) atoms. The second kappa shape index (κ2) is 9.85. The first-order valence-electron chi connectivity index (χ1n) is 10.3. The molecule has 1 aromatic heterocycles. The number of rotatable bonds is 6. The number of benzene rings is 2. The molecule has 0 unspecified atom stereocenters. The van der Waals surface area contributed by atoms with E-state index in [9.17, 15) is 4.39 Å². The maximum Gasteiger partial charge on any atom is 0.225 e. The Labute approximate surface area is 178 Å². The smallest absolute Gasteiger partial charge is 0.225 e. The fourth-order valence-electron chi connectivity index (χ4n) is 3.99. The van der Waals surface area contributed by atoms with E-state index in [0.29, 0.717) is 24.6 Å². The lowest BCUT2D eigenvalue weighted by Crippen LogP contribution is -2.37. The van der Waals surface area contributed by atoms with Crippen LogP contribution in [0.4, 0.5) is 16.2 Å². The quantitative estimate of drug-likeness (QED) is 0.601. The van der Waals surface area contributed by atoms with E-state index in [4.69, 9.17) is 9.97 Å². The van der Waals surface area contributed by atoms with Gasteiger partial charge in [-0.1, -0.05) is 37.8 Å². The standard InChI is InChI=1S/C23H28FN5.CH4/c1-29(2)22-19-8-4-6-10-21(19)27-23(28-22)26-18-13-11-17(12-14-18)25-15-16-7-3-5-9-20(16)24;/h3-10,17-18,25H,11-15H2,1-2H3,(H,26,27,28);1H4. The molecule has 6 heteroatoms. The van der Waals surface area contributed by atoms with Gasteiger partial charge in [0.1, 0.15) is 11.6 Å². The summed E-state index contributed by atoms with van der Waals surface area (Å²) in [6, 6.07) is 15.9. The van der Waals surface area contributed by atoms with E-state index in [-0.39, 0.29) is 13.2 Å². The zero-order valence-corrected chi connectivity index (χ0v) is 17.0. The van der Waals surface area contributed by atoms with Crippen LogP contribution in [0.5, 0.6) is 0 Å². The van der Waals surface area contributed by atoms with E-state index in [1.54, 1.807) is 6.07 Å². The van der Waals surface area contributed by atoms with Gasteiger partial charge in [-0.25, -0.2) is 9.37 Å². The Morgan fingerprint density at radius 2 is 1.60 bits per heavy atom. The van der Waals surface area contributed by atoms with Crippen LogP contribution in [-0.2, 0) is 6.54 Å². The first kappa shape index (κ1) is 22.0. The van der Waals surface area contributed by atoms with Crippen LogP contribution in [0.1, 0.15) is 38.7 Å². The third-order valence-corrected chi connectivity index (χ3v) is 5.61. The largest absolute Gasteiger partial charge is 0.362 e. The Bertz CT molecular complexity index is 967. The minimum Gasteiger partial charge on any atom is -0.362 e. The summed E-state index contributed by atoms with van der Waals surface area (Å²) in [5.41, 5.74) is 1.68. The molecule has 2 N–H and O–H groups in total. The van der Waals surface area contributed by atoms with Gasteiger partial charge in [0.15, 0.2) is 0 Å². The van der Waals surface area contributed by atoms with Crippen molar-refractivity contribution in [2.24, 2.45) is 0 Å². The van der Waals surface area contributed by atoms with E-state index in [1.165, 1.54) is 6.07 Å². The highest BCUT2D eigenvalue weighted by molar-refractivity contribution is 5.90. The summed E-state index contributed by atoms with van der Waals surface area (Å²) in [5.74, 6) is 1.48. The molecular weight excluding hydrogens is 377 g/mol. The molecule has 0 radical (unpaired) electrons. The summed E-state index contributed by atoms with van der Waals surface area (Å²) in [6.07, 6.45) is 4.20. The fraction of sp³-hybridized carbons (Fsp3) is 0.417. The van der Waals surface area contributed by atoms with Crippen molar-refractivity contribution in [3.8, 4) is 0 Å². The summed E-state index contributed by atoms with van der Waals surface area (Å²) >= 11 is 0. The summed E-state index contributed by atoms with van der Waals surface area (Å²) in [5, 5.41) is 8.10. The highest BCUT2D eigenvalue weighted by Crippen LogP contribution is 2.26. The van der Waals surface area contributed by atoms with Gasteiger partial charge in [0.25, 0.3) is 0 Å². The Morgan fingerprint density at radius 1 is 0.933 bits per heavy atom. The van der Waals surface area contributed by atoms with Crippen LogP contribution in [-0.4, -0.2) is 36.1 Å². The Kier molecular flexibility index (Phi) is 7.21. The predicted molar refractivity (Wildman–Crippen MR) is 124 cm³/mol. The van der Waals surface area contributed by atoms with E-state index >= 15 is 0 Å². The zero-order chi connectivity index (χ0) is 20.2. The van der Waals surface area contributed by atoms with Crippen molar-refractivity contribution < 1.29 is 4.39 Å². The van der Waals surface area contributed by atoms with Crippen LogP contribution < -0.4 is 15.5 Å². The molecule has 1 fully saturated rings. The molecule has 1 aliphatic rings. The third-order valence-electron chi connectivity index (χ3n) is 5.61. The molecule has 160 valence electrons. The molecule has 0 saturated heterocycles. The highest BCUT2D eigenvalue weighted by atomic mass is 19.1. The number of aromatic nitrogens is 2. The van der Waals surface area contributed by atoms with E-state index in [0.717, 1.165) is 48.0 Å². The van der Waals surface area contributed by atoms with Gasteiger partial charge in [-0.15, -0.1) is 0 Å². The minimum absolute atomic E-state index is 0. The van der Waals surface area contributed by atoms with Gasteiger partial charge in [0, 0.05) is 43.7 Å². The normalized spacial score (nSPS) is 18.6. The van der Waals surface area contributed by atoms with Crippen molar-refractivity contribution in [3.05, 3.63) is 59.9 Å². The monoisotopic (exact) mass is 409 g/mol. The van der Waals surface area contributed by atoms with Crippen LogP contribution in [0.25, 0.3) is 10.9 Å². The van der Waals surface area contributed by atoms with E-state index < -0.39 is 0 Å². The molecule has 0 amide bonds. The maximum absolute atomic E-state index is 13.8. The highest BCUT2D eigenvalue weighted by Gasteiger charge is 2.22. The van der Waals surface area contributed by atoms with Gasteiger partial charge < -0.3 is 15.5 Å². The SMILES string of the molecule is C.CN(C)c1nc(NC2CCC(NCc3ccccc3F)CC2)nc2ccccc12. The maximum atomic E-state index is 13.8.